The molecule has 0 spiro atoms. The Morgan fingerprint density at radius 2 is 1.83 bits per heavy atom. The lowest BCUT2D eigenvalue weighted by atomic mass is 10.1. The van der Waals surface area contributed by atoms with Crippen LogP contribution < -0.4 is 5.32 Å². The van der Waals surface area contributed by atoms with E-state index in [1.807, 2.05) is 22.9 Å². The first kappa shape index (κ1) is 15.3. The summed E-state index contributed by atoms with van der Waals surface area (Å²) in [5.74, 6) is 1.06. The molecule has 0 saturated carbocycles. The largest absolute Gasteiger partial charge is 0.369 e. The van der Waals surface area contributed by atoms with Crippen molar-refractivity contribution in [3.05, 3.63) is 61.6 Å². The maximum absolute atomic E-state index is 6.17. The van der Waals surface area contributed by atoms with Crippen LogP contribution in [0.15, 0.2) is 42.5 Å². The molecule has 1 N–H and O–H groups in total. The van der Waals surface area contributed by atoms with Gasteiger partial charge in [0.2, 0.25) is 0 Å². The summed E-state index contributed by atoms with van der Waals surface area (Å²) in [5, 5.41) is 9.37. The van der Waals surface area contributed by atoms with Gasteiger partial charge in [0.25, 0.3) is 0 Å². The molecule has 116 valence electrons. The molecule has 1 aliphatic heterocycles. The van der Waals surface area contributed by atoms with Crippen molar-refractivity contribution in [1.82, 2.24) is 9.78 Å². The average Bonchev–Trinajstić information content (AvgIpc) is 3.13. The number of anilines is 1. The molecule has 0 aliphatic carbocycles. The fraction of sp³-hybridized carbons (Fsp3) is 0.118. The maximum Gasteiger partial charge on any atom is 0.133 e. The van der Waals surface area contributed by atoms with Crippen LogP contribution in [0.4, 0.5) is 5.82 Å². The molecule has 0 unspecified atom stereocenters. The monoisotopic (exact) mass is 455 g/mol. The van der Waals surface area contributed by atoms with Gasteiger partial charge in [0.05, 0.1) is 21.4 Å². The molecule has 4 rings (SSSR count). The van der Waals surface area contributed by atoms with Crippen LogP contribution in [0.25, 0.3) is 16.9 Å². The van der Waals surface area contributed by atoms with E-state index in [2.05, 4.69) is 52.2 Å². The predicted molar refractivity (Wildman–Crippen MR) is 104 cm³/mol. The molecule has 0 bridgehead atoms. The van der Waals surface area contributed by atoms with E-state index < -0.39 is 0 Å². The molecular formula is C17H12Cl2IN3. The van der Waals surface area contributed by atoms with E-state index in [4.69, 9.17) is 28.3 Å². The number of halogens is 3. The Labute approximate surface area is 157 Å². The summed E-state index contributed by atoms with van der Waals surface area (Å²) in [6.45, 7) is 0.922. The molecule has 0 fully saturated rings. The molecular weight excluding hydrogens is 444 g/mol. The lowest BCUT2D eigenvalue weighted by Crippen LogP contribution is -2.04. The highest BCUT2D eigenvalue weighted by Crippen LogP contribution is 2.36. The normalized spacial score (nSPS) is 13.0. The minimum absolute atomic E-state index is 0.549. The van der Waals surface area contributed by atoms with E-state index in [0.717, 1.165) is 35.7 Å². The zero-order valence-electron chi connectivity index (χ0n) is 12.0. The van der Waals surface area contributed by atoms with Crippen molar-refractivity contribution in [3.8, 4) is 16.9 Å². The van der Waals surface area contributed by atoms with Gasteiger partial charge in [-0.2, -0.15) is 5.10 Å². The summed E-state index contributed by atoms with van der Waals surface area (Å²) in [5.41, 5.74) is 4.22. The van der Waals surface area contributed by atoms with Crippen molar-refractivity contribution in [2.24, 2.45) is 0 Å². The van der Waals surface area contributed by atoms with Crippen molar-refractivity contribution >= 4 is 51.6 Å². The molecule has 2 aromatic carbocycles. The Bertz CT molecular complexity index is 888. The number of fused-ring (bicyclic) bond motifs is 1. The third-order valence-corrected chi connectivity index (χ3v) is 5.37. The minimum atomic E-state index is 0.549. The molecule has 3 aromatic rings. The molecule has 1 aromatic heterocycles. The van der Waals surface area contributed by atoms with Crippen molar-refractivity contribution in [2.45, 2.75) is 6.42 Å². The Morgan fingerprint density at radius 1 is 1.04 bits per heavy atom. The van der Waals surface area contributed by atoms with Gasteiger partial charge in [-0.3, -0.25) is 0 Å². The molecule has 0 atom stereocenters. The SMILES string of the molecule is Clc1ccc(-c2nn(-c3ccc(I)cc3)c3c2CCN3)cc1Cl. The van der Waals surface area contributed by atoms with E-state index in [0.29, 0.717) is 10.0 Å². The lowest BCUT2D eigenvalue weighted by molar-refractivity contribution is 0.882. The quantitative estimate of drug-likeness (QED) is 0.523. The van der Waals surface area contributed by atoms with Gasteiger partial charge in [0.1, 0.15) is 5.82 Å². The maximum atomic E-state index is 6.17. The zero-order valence-corrected chi connectivity index (χ0v) is 15.7. The summed E-state index contributed by atoms with van der Waals surface area (Å²) < 4.78 is 3.17. The number of rotatable bonds is 2. The van der Waals surface area contributed by atoms with E-state index in [9.17, 15) is 0 Å². The minimum Gasteiger partial charge on any atom is -0.369 e. The summed E-state index contributed by atoms with van der Waals surface area (Å²) >= 11 is 14.5. The van der Waals surface area contributed by atoms with Gasteiger partial charge in [-0.25, -0.2) is 4.68 Å². The lowest BCUT2D eigenvalue weighted by Gasteiger charge is -2.06. The van der Waals surface area contributed by atoms with Gasteiger partial charge in [0, 0.05) is 21.2 Å². The van der Waals surface area contributed by atoms with Crippen LogP contribution >= 0.6 is 45.8 Å². The Balaban J connectivity index is 1.87. The van der Waals surface area contributed by atoms with Crippen LogP contribution in [-0.2, 0) is 6.42 Å². The highest BCUT2D eigenvalue weighted by molar-refractivity contribution is 14.1. The van der Waals surface area contributed by atoms with Crippen LogP contribution in [0.2, 0.25) is 10.0 Å². The highest BCUT2D eigenvalue weighted by Gasteiger charge is 2.24. The first-order valence-electron chi connectivity index (χ1n) is 7.20. The summed E-state index contributed by atoms with van der Waals surface area (Å²) in [6.07, 6.45) is 0.954. The van der Waals surface area contributed by atoms with E-state index in [1.54, 1.807) is 0 Å². The fourth-order valence-electron chi connectivity index (χ4n) is 2.82. The van der Waals surface area contributed by atoms with Crippen LogP contribution in [-0.4, -0.2) is 16.3 Å². The smallest absolute Gasteiger partial charge is 0.133 e. The number of hydrogen-bond donors (Lipinski definition) is 1. The second-order valence-corrected chi connectivity index (χ2v) is 7.43. The Kier molecular flexibility index (Phi) is 3.99. The second kappa shape index (κ2) is 6.00. The molecule has 0 radical (unpaired) electrons. The van der Waals surface area contributed by atoms with E-state index in [1.165, 1.54) is 9.13 Å². The number of nitrogens with zero attached hydrogens (tertiary/aromatic N) is 2. The van der Waals surface area contributed by atoms with Crippen molar-refractivity contribution in [1.29, 1.82) is 0 Å². The number of benzene rings is 2. The predicted octanol–water partition coefficient (Wildman–Crippen LogP) is 5.42. The summed E-state index contributed by atoms with van der Waals surface area (Å²) in [7, 11) is 0. The van der Waals surface area contributed by atoms with Gasteiger partial charge in [-0.1, -0.05) is 29.3 Å². The van der Waals surface area contributed by atoms with Gasteiger partial charge < -0.3 is 5.32 Å². The highest BCUT2D eigenvalue weighted by atomic mass is 127. The first-order valence-corrected chi connectivity index (χ1v) is 9.04. The molecule has 0 saturated heterocycles. The van der Waals surface area contributed by atoms with Crippen molar-refractivity contribution in [2.75, 3.05) is 11.9 Å². The van der Waals surface area contributed by atoms with Crippen molar-refractivity contribution < 1.29 is 0 Å². The topological polar surface area (TPSA) is 29.9 Å². The summed E-state index contributed by atoms with van der Waals surface area (Å²) in [6, 6.07) is 14.0. The van der Waals surface area contributed by atoms with E-state index >= 15 is 0 Å². The average molecular weight is 456 g/mol. The number of nitrogens with one attached hydrogen (secondary N) is 1. The number of hydrogen-bond acceptors (Lipinski definition) is 2. The molecule has 2 heterocycles. The third kappa shape index (κ3) is 2.73. The number of aromatic nitrogens is 2. The third-order valence-electron chi connectivity index (χ3n) is 3.92. The first-order chi connectivity index (χ1) is 11.1. The van der Waals surface area contributed by atoms with E-state index in [-0.39, 0.29) is 0 Å². The molecule has 3 nitrogen and oxygen atoms in total. The molecule has 23 heavy (non-hydrogen) atoms. The van der Waals surface area contributed by atoms with Gasteiger partial charge in [-0.05, 0) is 65.4 Å². The van der Waals surface area contributed by atoms with Crippen LogP contribution in [0.1, 0.15) is 5.56 Å². The summed E-state index contributed by atoms with van der Waals surface area (Å²) in [4.78, 5) is 0. The van der Waals surface area contributed by atoms with Crippen LogP contribution in [0.5, 0.6) is 0 Å². The van der Waals surface area contributed by atoms with Crippen LogP contribution in [0.3, 0.4) is 0 Å². The standard InChI is InChI=1S/C17H12Cl2IN3/c18-14-6-1-10(9-15(14)19)16-13-7-8-21-17(13)23(22-16)12-4-2-11(20)3-5-12/h1-6,9,21H,7-8H2. The fourth-order valence-corrected chi connectivity index (χ4v) is 3.48. The molecule has 1 aliphatic rings. The molecule has 0 amide bonds. The van der Waals surface area contributed by atoms with Crippen LogP contribution in [0, 0.1) is 3.57 Å². The molecule has 6 heteroatoms. The Hall–Kier alpha value is -1.24. The van der Waals surface area contributed by atoms with Gasteiger partial charge >= 0.3 is 0 Å². The van der Waals surface area contributed by atoms with Crippen molar-refractivity contribution in [3.63, 3.8) is 0 Å². The second-order valence-electron chi connectivity index (χ2n) is 5.37. The van der Waals surface area contributed by atoms with Gasteiger partial charge in [0.15, 0.2) is 0 Å². The Morgan fingerprint density at radius 3 is 2.57 bits per heavy atom. The zero-order chi connectivity index (χ0) is 16.0. The van der Waals surface area contributed by atoms with Gasteiger partial charge in [-0.15, -0.1) is 0 Å².